The minimum atomic E-state index is -0.224. The molecule has 4 aromatic rings. The lowest BCUT2D eigenvalue weighted by Gasteiger charge is -2.40. The molecule has 0 fully saturated rings. The molecule has 1 aliphatic carbocycles. The highest BCUT2D eigenvalue weighted by molar-refractivity contribution is 6.08. The molecular formula is C34H29NO3. The van der Waals surface area contributed by atoms with E-state index in [9.17, 15) is 9.59 Å². The van der Waals surface area contributed by atoms with E-state index in [-0.39, 0.29) is 29.9 Å². The Bertz CT molecular complexity index is 1510. The first-order valence-corrected chi connectivity index (χ1v) is 13.1. The second-order valence-electron chi connectivity index (χ2n) is 10.1. The molecule has 4 nitrogen and oxygen atoms in total. The fraction of sp³-hybridized carbons (Fsp3) is 0.176. The van der Waals surface area contributed by atoms with Crippen molar-refractivity contribution < 1.29 is 14.3 Å². The minimum absolute atomic E-state index is 0.00787. The molecule has 0 spiro atoms. The van der Waals surface area contributed by atoms with Crippen LogP contribution in [0.4, 0.5) is 5.69 Å². The number of allylic oxidation sites excluding steroid dienone is 2. The van der Waals surface area contributed by atoms with E-state index in [1.807, 2.05) is 97.9 Å². The minimum Gasteiger partial charge on any atom is -0.457 e. The second-order valence-corrected chi connectivity index (χ2v) is 10.1. The van der Waals surface area contributed by atoms with Crippen LogP contribution in [0.15, 0.2) is 120 Å². The SMILES string of the molecule is Cc1cccc(C2CC(=O)N(c3ccc(Oc4ccccc4)cc3)C3=C2C(=O)CC(c2ccccc2)C3)c1. The summed E-state index contributed by atoms with van der Waals surface area (Å²) in [6.07, 6.45) is 1.37. The number of rotatable bonds is 5. The summed E-state index contributed by atoms with van der Waals surface area (Å²) in [6.45, 7) is 2.04. The van der Waals surface area contributed by atoms with Crippen molar-refractivity contribution in [2.24, 2.45) is 0 Å². The molecule has 38 heavy (non-hydrogen) atoms. The predicted molar refractivity (Wildman–Crippen MR) is 149 cm³/mol. The molecule has 0 saturated heterocycles. The van der Waals surface area contributed by atoms with E-state index in [0.29, 0.717) is 18.6 Å². The molecule has 2 aliphatic rings. The molecule has 0 aromatic heterocycles. The summed E-state index contributed by atoms with van der Waals surface area (Å²) in [4.78, 5) is 29.4. The molecule has 1 heterocycles. The fourth-order valence-corrected chi connectivity index (χ4v) is 5.76. The number of Topliss-reactive ketones (excluding diaryl/α,β-unsaturated/α-hetero) is 1. The Morgan fingerprint density at radius 2 is 1.34 bits per heavy atom. The van der Waals surface area contributed by atoms with E-state index in [1.165, 1.54) is 0 Å². The van der Waals surface area contributed by atoms with Crippen molar-refractivity contribution in [3.05, 3.63) is 137 Å². The van der Waals surface area contributed by atoms with Crippen LogP contribution in [-0.4, -0.2) is 11.7 Å². The first-order chi connectivity index (χ1) is 18.6. The zero-order valence-corrected chi connectivity index (χ0v) is 21.3. The number of hydrogen-bond acceptors (Lipinski definition) is 3. The van der Waals surface area contributed by atoms with Crippen LogP contribution < -0.4 is 9.64 Å². The smallest absolute Gasteiger partial charge is 0.232 e. The van der Waals surface area contributed by atoms with E-state index >= 15 is 0 Å². The van der Waals surface area contributed by atoms with Gasteiger partial charge in [-0.2, -0.15) is 0 Å². The lowest BCUT2D eigenvalue weighted by molar-refractivity contribution is -0.120. The Hall–Kier alpha value is -4.44. The van der Waals surface area contributed by atoms with Gasteiger partial charge < -0.3 is 4.74 Å². The Kier molecular flexibility index (Phi) is 6.38. The van der Waals surface area contributed by atoms with Crippen LogP contribution in [0.25, 0.3) is 0 Å². The topological polar surface area (TPSA) is 46.6 Å². The quantitative estimate of drug-likeness (QED) is 0.283. The highest BCUT2D eigenvalue weighted by atomic mass is 16.5. The maximum Gasteiger partial charge on any atom is 0.232 e. The number of nitrogens with zero attached hydrogens (tertiary/aromatic N) is 1. The number of hydrogen-bond donors (Lipinski definition) is 0. The largest absolute Gasteiger partial charge is 0.457 e. The monoisotopic (exact) mass is 499 g/mol. The third kappa shape index (κ3) is 4.66. The van der Waals surface area contributed by atoms with Crippen LogP contribution >= 0.6 is 0 Å². The van der Waals surface area contributed by atoms with Crippen LogP contribution in [0.1, 0.15) is 47.8 Å². The normalized spacial score (nSPS) is 19.3. The van der Waals surface area contributed by atoms with Crippen molar-refractivity contribution in [1.82, 2.24) is 0 Å². The molecule has 6 rings (SSSR count). The van der Waals surface area contributed by atoms with Gasteiger partial charge in [-0.05, 0) is 66.8 Å². The number of carbonyl (C=O) groups excluding carboxylic acids is 2. The van der Waals surface area contributed by atoms with Crippen molar-refractivity contribution in [3.8, 4) is 11.5 Å². The number of para-hydroxylation sites is 1. The van der Waals surface area contributed by atoms with E-state index in [1.54, 1.807) is 4.90 Å². The molecule has 4 aromatic carbocycles. The first kappa shape index (κ1) is 23.9. The molecule has 2 unspecified atom stereocenters. The number of ketones is 1. The van der Waals surface area contributed by atoms with Crippen LogP contribution in [0, 0.1) is 6.92 Å². The number of benzene rings is 4. The number of aryl methyl sites for hydroxylation is 1. The molecule has 0 radical (unpaired) electrons. The zero-order valence-electron chi connectivity index (χ0n) is 21.3. The third-order valence-electron chi connectivity index (χ3n) is 7.52. The molecule has 1 amide bonds. The van der Waals surface area contributed by atoms with E-state index in [4.69, 9.17) is 4.74 Å². The summed E-state index contributed by atoms with van der Waals surface area (Å²) in [5.41, 5.74) is 5.65. The van der Waals surface area contributed by atoms with Gasteiger partial charge in [-0.15, -0.1) is 0 Å². The number of anilines is 1. The summed E-state index contributed by atoms with van der Waals surface area (Å²) in [5, 5.41) is 0. The van der Waals surface area contributed by atoms with E-state index in [2.05, 4.69) is 18.2 Å². The van der Waals surface area contributed by atoms with Crippen LogP contribution in [0.2, 0.25) is 0 Å². The standard InChI is InChI=1S/C34H29NO3/c1-23-9-8-12-25(19-23)30-22-33(37)35(27-15-17-29(18-16-27)38-28-13-6-3-7-14-28)31-20-26(21-32(36)34(30)31)24-10-4-2-5-11-24/h2-19,26,30H,20-22H2,1H3. The Morgan fingerprint density at radius 1 is 0.684 bits per heavy atom. The Labute approximate surface area is 223 Å². The van der Waals surface area contributed by atoms with Crippen molar-refractivity contribution >= 4 is 17.4 Å². The highest BCUT2D eigenvalue weighted by Crippen LogP contribution is 2.47. The molecule has 0 saturated carbocycles. The molecule has 0 bridgehead atoms. The maximum absolute atomic E-state index is 13.8. The van der Waals surface area contributed by atoms with Crippen molar-refractivity contribution in [2.75, 3.05) is 4.90 Å². The van der Waals surface area contributed by atoms with Crippen LogP contribution in [-0.2, 0) is 9.59 Å². The van der Waals surface area contributed by atoms with Crippen molar-refractivity contribution in [2.45, 2.75) is 38.0 Å². The fourth-order valence-electron chi connectivity index (χ4n) is 5.76. The van der Waals surface area contributed by atoms with Gasteiger partial charge in [0.05, 0.1) is 0 Å². The number of ether oxygens (including phenoxy) is 1. The van der Waals surface area contributed by atoms with Crippen LogP contribution in [0.5, 0.6) is 11.5 Å². The van der Waals surface area contributed by atoms with Gasteiger partial charge in [0.1, 0.15) is 11.5 Å². The zero-order chi connectivity index (χ0) is 26.1. The predicted octanol–water partition coefficient (Wildman–Crippen LogP) is 7.71. The van der Waals surface area contributed by atoms with E-state index < -0.39 is 0 Å². The molecule has 188 valence electrons. The summed E-state index contributed by atoms with van der Waals surface area (Å²) >= 11 is 0. The molecule has 1 aliphatic heterocycles. The maximum atomic E-state index is 13.8. The van der Waals surface area contributed by atoms with Gasteiger partial charge in [0.15, 0.2) is 5.78 Å². The van der Waals surface area contributed by atoms with Crippen molar-refractivity contribution in [3.63, 3.8) is 0 Å². The molecular weight excluding hydrogens is 470 g/mol. The Balaban J connectivity index is 1.40. The summed E-state index contributed by atoms with van der Waals surface area (Å²) in [6, 6.07) is 35.5. The number of carbonyl (C=O) groups is 2. The summed E-state index contributed by atoms with van der Waals surface area (Å²) < 4.78 is 5.96. The van der Waals surface area contributed by atoms with Gasteiger partial charge in [0, 0.05) is 35.7 Å². The molecule has 4 heteroatoms. The lowest BCUT2D eigenvalue weighted by atomic mass is 9.72. The summed E-state index contributed by atoms with van der Waals surface area (Å²) in [5.74, 6) is 1.40. The van der Waals surface area contributed by atoms with Gasteiger partial charge in [-0.1, -0.05) is 78.4 Å². The summed E-state index contributed by atoms with van der Waals surface area (Å²) in [7, 11) is 0. The van der Waals surface area contributed by atoms with Crippen molar-refractivity contribution in [1.29, 1.82) is 0 Å². The second kappa shape index (κ2) is 10.1. The third-order valence-corrected chi connectivity index (χ3v) is 7.52. The highest BCUT2D eigenvalue weighted by Gasteiger charge is 2.42. The van der Waals surface area contributed by atoms with Crippen LogP contribution in [0.3, 0.4) is 0 Å². The van der Waals surface area contributed by atoms with Gasteiger partial charge in [0.25, 0.3) is 0 Å². The van der Waals surface area contributed by atoms with Gasteiger partial charge in [0.2, 0.25) is 5.91 Å². The lowest BCUT2D eigenvalue weighted by Crippen LogP contribution is -2.41. The first-order valence-electron chi connectivity index (χ1n) is 13.1. The Morgan fingerprint density at radius 3 is 2.05 bits per heavy atom. The van der Waals surface area contributed by atoms with Gasteiger partial charge in [-0.3, -0.25) is 14.5 Å². The molecule has 2 atom stereocenters. The van der Waals surface area contributed by atoms with E-state index in [0.717, 1.165) is 39.4 Å². The average molecular weight is 500 g/mol. The van der Waals surface area contributed by atoms with Gasteiger partial charge >= 0.3 is 0 Å². The van der Waals surface area contributed by atoms with Gasteiger partial charge in [-0.25, -0.2) is 0 Å². The molecule has 0 N–H and O–H groups in total. The average Bonchev–Trinajstić information content (AvgIpc) is 2.94. The number of amides is 1.